The van der Waals surface area contributed by atoms with Crippen molar-refractivity contribution in [3.8, 4) is 5.75 Å². The monoisotopic (exact) mass is 575 g/mol. The van der Waals surface area contributed by atoms with Crippen molar-refractivity contribution >= 4 is 62.8 Å². The van der Waals surface area contributed by atoms with Crippen molar-refractivity contribution in [2.24, 2.45) is 10.3 Å². The van der Waals surface area contributed by atoms with Crippen LogP contribution in [0, 0.1) is 0 Å². The topological polar surface area (TPSA) is 148 Å². The maximum absolute atomic E-state index is 12.7. The molecule has 1 amide bonds. The van der Waals surface area contributed by atoms with E-state index in [4.69, 9.17) is 16.3 Å². The van der Waals surface area contributed by atoms with Gasteiger partial charge in [0.15, 0.2) is 11.6 Å². The molecule has 2 N–H and O–H groups in total. The number of para-hydroxylation sites is 2. The van der Waals surface area contributed by atoms with Crippen LogP contribution < -0.4 is 19.3 Å². The molecule has 0 aliphatic carbocycles. The Morgan fingerprint density at radius 2 is 1.80 bits per heavy atom. The van der Waals surface area contributed by atoms with Gasteiger partial charge < -0.3 is 10.1 Å². The fourth-order valence-corrected chi connectivity index (χ4v) is 4.41. The SMILES string of the molecule is COc1ccc(Cl)c(Nc2nc3ccccc3nc2N(c2cccc(C(=O)N=[N+]=Nn3cccc3)c2)S(=O)O)c1. The van der Waals surface area contributed by atoms with E-state index < -0.39 is 17.2 Å². The smallest absolute Gasteiger partial charge is 0.335 e. The zero-order valence-electron chi connectivity index (χ0n) is 20.7. The molecule has 1 atom stereocenters. The summed E-state index contributed by atoms with van der Waals surface area (Å²) in [5.74, 6) is -0.0216. The van der Waals surface area contributed by atoms with Crippen molar-refractivity contribution in [3.63, 3.8) is 0 Å². The van der Waals surface area contributed by atoms with Gasteiger partial charge in [-0.2, -0.15) is 0 Å². The number of anilines is 4. The van der Waals surface area contributed by atoms with Crippen LogP contribution in [0.25, 0.3) is 11.0 Å². The molecule has 14 heteroatoms. The molecule has 0 spiro atoms. The number of carbonyl (C=O) groups is 1. The minimum absolute atomic E-state index is 0.00672. The number of methoxy groups -OCH3 is 1. The Balaban J connectivity index is 1.58. The molecule has 2 heterocycles. The van der Waals surface area contributed by atoms with Crippen LogP contribution >= 0.6 is 11.6 Å². The molecule has 5 rings (SSSR count). The molecule has 0 aliphatic rings. The van der Waals surface area contributed by atoms with Crippen molar-refractivity contribution in [3.05, 3.63) is 102 Å². The van der Waals surface area contributed by atoms with Gasteiger partial charge in [-0.25, -0.2) is 18.5 Å². The average Bonchev–Trinajstić information content (AvgIpc) is 3.48. The molecule has 0 bridgehead atoms. The van der Waals surface area contributed by atoms with Crippen molar-refractivity contribution in [2.45, 2.75) is 0 Å². The zero-order chi connectivity index (χ0) is 28.1. The number of amides is 1. The number of carbonyl (C=O) groups excluding carboxylic acids is 1. The van der Waals surface area contributed by atoms with Crippen LogP contribution in [-0.4, -0.2) is 36.4 Å². The molecular formula is C26H20ClN8O4S+. The lowest BCUT2D eigenvalue weighted by molar-refractivity contribution is 0.0992. The summed E-state index contributed by atoms with van der Waals surface area (Å²) in [7, 11) is 1.52. The first kappa shape index (κ1) is 26.7. The van der Waals surface area contributed by atoms with E-state index in [0.717, 1.165) is 4.31 Å². The molecule has 40 heavy (non-hydrogen) atoms. The Labute approximate surface area is 235 Å². The number of hydrogen-bond donors (Lipinski definition) is 2. The van der Waals surface area contributed by atoms with E-state index in [2.05, 4.69) is 30.5 Å². The number of benzene rings is 3. The summed E-state index contributed by atoms with van der Waals surface area (Å²) < 4.78 is 30.9. The first-order valence-corrected chi connectivity index (χ1v) is 13.0. The first-order chi connectivity index (χ1) is 19.4. The van der Waals surface area contributed by atoms with Crippen LogP contribution in [0.4, 0.5) is 23.0 Å². The highest BCUT2D eigenvalue weighted by atomic mass is 35.5. The van der Waals surface area contributed by atoms with Gasteiger partial charge in [-0.1, -0.05) is 34.5 Å². The van der Waals surface area contributed by atoms with Gasteiger partial charge in [-0.15, -0.1) is 0 Å². The predicted molar refractivity (Wildman–Crippen MR) is 151 cm³/mol. The third kappa shape index (κ3) is 5.87. The van der Waals surface area contributed by atoms with Crippen LogP contribution in [0.5, 0.6) is 5.75 Å². The highest BCUT2D eigenvalue weighted by Gasteiger charge is 2.24. The van der Waals surface area contributed by atoms with Crippen molar-refractivity contribution < 1.29 is 18.3 Å². The van der Waals surface area contributed by atoms with Gasteiger partial charge >= 0.3 is 5.91 Å². The molecule has 12 nitrogen and oxygen atoms in total. The number of nitrogens with one attached hydrogen (secondary N) is 1. The second kappa shape index (κ2) is 11.8. The maximum atomic E-state index is 12.7. The second-order valence-electron chi connectivity index (χ2n) is 8.08. The Hall–Kier alpha value is -4.94. The van der Waals surface area contributed by atoms with Crippen LogP contribution in [0.15, 0.2) is 102 Å². The summed E-state index contributed by atoms with van der Waals surface area (Å²) in [6.07, 6.45) is 3.26. The van der Waals surface area contributed by atoms with Gasteiger partial charge in [0.2, 0.25) is 5.22 Å². The minimum Gasteiger partial charge on any atom is -0.497 e. The third-order valence-corrected chi connectivity index (χ3v) is 6.55. The molecule has 0 aliphatic heterocycles. The number of aromatic nitrogens is 3. The molecule has 3 aromatic carbocycles. The predicted octanol–water partition coefficient (Wildman–Crippen LogP) is 5.69. The van der Waals surface area contributed by atoms with E-state index in [0.29, 0.717) is 27.5 Å². The van der Waals surface area contributed by atoms with Crippen molar-refractivity contribution in [1.29, 1.82) is 0 Å². The van der Waals surface area contributed by atoms with Gasteiger partial charge in [-0.05, 0) is 54.6 Å². The third-order valence-electron chi connectivity index (χ3n) is 5.52. The number of nitrogens with zero attached hydrogens (tertiary/aromatic N) is 7. The molecule has 0 fully saturated rings. The zero-order valence-corrected chi connectivity index (χ0v) is 22.3. The first-order valence-electron chi connectivity index (χ1n) is 11.6. The lowest BCUT2D eigenvalue weighted by Gasteiger charge is -2.22. The van der Waals surface area contributed by atoms with Crippen LogP contribution in [0.3, 0.4) is 0 Å². The van der Waals surface area contributed by atoms with E-state index in [1.807, 2.05) is 0 Å². The highest BCUT2D eigenvalue weighted by molar-refractivity contribution is 7.81. The maximum Gasteiger partial charge on any atom is 0.335 e. The molecule has 0 saturated carbocycles. The number of fused-ring (bicyclic) bond motifs is 1. The lowest BCUT2D eigenvalue weighted by atomic mass is 10.2. The normalized spacial score (nSPS) is 11.4. The van der Waals surface area contributed by atoms with E-state index in [9.17, 15) is 13.6 Å². The van der Waals surface area contributed by atoms with Gasteiger partial charge in [0, 0.05) is 11.6 Å². The van der Waals surface area contributed by atoms with Crippen molar-refractivity contribution in [1.82, 2.24) is 19.6 Å². The summed E-state index contributed by atoms with van der Waals surface area (Å²) in [5, 5.41) is 10.8. The average molecular weight is 576 g/mol. The molecule has 5 aromatic rings. The minimum atomic E-state index is -2.63. The van der Waals surface area contributed by atoms with Gasteiger partial charge in [0.05, 0.1) is 44.6 Å². The highest BCUT2D eigenvalue weighted by Crippen LogP contribution is 2.36. The summed E-state index contributed by atoms with van der Waals surface area (Å²) in [4.78, 5) is 25.5. The largest absolute Gasteiger partial charge is 0.497 e. The molecule has 0 radical (unpaired) electrons. The number of rotatable bonds is 8. The summed E-state index contributed by atoms with van der Waals surface area (Å²) in [5.41, 5.74) is 1.73. The summed E-state index contributed by atoms with van der Waals surface area (Å²) >= 11 is 3.78. The summed E-state index contributed by atoms with van der Waals surface area (Å²) in [6, 6.07) is 21.5. The van der Waals surface area contributed by atoms with E-state index in [1.165, 1.54) is 23.9 Å². The molecular weight excluding hydrogens is 556 g/mol. The van der Waals surface area contributed by atoms with E-state index >= 15 is 0 Å². The quantitative estimate of drug-likeness (QED) is 0.137. The molecule has 200 valence electrons. The van der Waals surface area contributed by atoms with Crippen molar-refractivity contribution in [2.75, 3.05) is 16.7 Å². The summed E-state index contributed by atoms with van der Waals surface area (Å²) in [6.45, 7) is 0. The lowest BCUT2D eigenvalue weighted by Crippen LogP contribution is -2.22. The molecule has 0 saturated heterocycles. The Bertz CT molecular complexity index is 1790. The van der Waals surface area contributed by atoms with Gasteiger partial charge in [0.25, 0.3) is 11.3 Å². The number of halogens is 1. The van der Waals surface area contributed by atoms with Crippen LogP contribution in [-0.2, 0) is 11.3 Å². The number of ether oxygens (including phenoxy) is 1. The Kier molecular flexibility index (Phi) is 7.89. The van der Waals surface area contributed by atoms with Crippen LogP contribution in [0.2, 0.25) is 5.02 Å². The van der Waals surface area contributed by atoms with E-state index in [-0.39, 0.29) is 22.9 Å². The fourth-order valence-electron chi connectivity index (χ4n) is 3.67. The standard InChI is InChI=1S/C26H19ClN8O4S/c1-39-19-11-12-20(27)23(16-19)29-24-25(30-22-10-3-2-9-21(22)28-24)35(40(37)38)18-8-6-7-17(15-18)26(36)31-32-33-34-13-4-5-14-34/h2-16H,1H3,(H-,28,29,37,38)/p+1. The molecule has 1 unspecified atom stereocenters. The Morgan fingerprint density at radius 1 is 1.05 bits per heavy atom. The van der Waals surface area contributed by atoms with Gasteiger partial charge in [0.1, 0.15) is 18.1 Å². The van der Waals surface area contributed by atoms with Gasteiger partial charge in [-0.3, -0.25) is 9.35 Å². The second-order valence-corrected chi connectivity index (χ2v) is 9.31. The molecule has 2 aromatic heterocycles. The Morgan fingerprint density at radius 3 is 2.52 bits per heavy atom. The number of hydrogen-bond acceptors (Lipinski definition) is 7. The van der Waals surface area contributed by atoms with Crippen LogP contribution in [0.1, 0.15) is 10.4 Å². The van der Waals surface area contributed by atoms with E-state index in [1.54, 1.807) is 79.1 Å². The fraction of sp³-hybridized carbons (Fsp3) is 0.0385.